The van der Waals surface area contributed by atoms with Crippen LogP contribution in [0.4, 0.5) is 0 Å². The van der Waals surface area contributed by atoms with E-state index < -0.39 is 0 Å². The molecule has 0 aliphatic carbocycles. The minimum atomic E-state index is 0.0782. The van der Waals surface area contributed by atoms with Gasteiger partial charge in [-0.15, -0.1) is 0 Å². The predicted molar refractivity (Wildman–Crippen MR) is 72.3 cm³/mol. The molecule has 2 unspecified atom stereocenters. The molecule has 0 saturated carbocycles. The Bertz CT molecular complexity index is 350. The maximum absolute atomic E-state index is 6.12. The van der Waals surface area contributed by atoms with E-state index in [-0.39, 0.29) is 12.1 Å². The number of benzene rings is 1. The quantitative estimate of drug-likeness (QED) is 0.853. The van der Waals surface area contributed by atoms with Gasteiger partial charge in [0.15, 0.2) is 0 Å². The van der Waals surface area contributed by atoms with Gasteiger partial charge >= 0.3 is 0 Å². The molecule has 96 valence electrons. The van der Waals surface area contributed by atoms with E-state index in [4.69, 9.17) is 10.5 Å². The number of nitrogens with zero attached hydrogens (tertiary/aromatic N) is 1. The molecular weight excluding hydrogens is 212 g/mol. The molecule has 0 aromatic heterocycles. The van der Waals surface area contributed by atoms with Crippen molar-refractivity contribution in [2.45, 2.75) is 38.9 Å². The fraction of sp³-hybridized carbons (Fsp3) is 0.571. The molecular formula is C14H24N2O. The normalized spacial score (nSPS) is 15.1. The Balaban J connectivity index is 3.05. The summed E-state index contributed by atoms with van der Waals surface area (Å²) in [6.45, 7) is 6.40. The molecule has 0 spiro atoms. The summed E-state index contributed by atoms with van der Waals surface area (Å²) in [5.74, 6) is 0.880. The molecule has 1 aromatic rings. The Morgan fingerprint density at radius 2 is 1.88 bits per heavy atom. The van der Waals surface area contributed by atoms with Crippen LogP contribution in [0.25, 0.3) is 0 Å². The third-order valence-electron chi connectivity index (χ3n) is 3.19. The highest BCUT2D eigenvalue weighted by atomic mass is 16.5. The van der Waals surface area contributed by atoms with E-state index in [0.29, 0.717) is 6.04 Å². The van der Waals surface area contributed by atoms with E-state index in [1.165, 1.54) is 5.56 Å². The van der Waals surface area contributed by atoms with Crippen molar-refractivity contribution < 1.29 is 4.74 Å². The number of ether oxygens (including phenoxy) is 1. The highest BCUT2D eigenvalue weighted by Crippen LogP contribution is 2.26. The lowest BCUT2D eigenvalue weighted by atomic mass is 9.98. The molecule has 1 aromatic carbocycles. The lowest BCUT2D eigenvalue weighted by Crippen LogP contribution is -2.40. The van der Waals surface area contributed by atoms with Crippen LogP contribution in [0.1, 0.15) is 32.4 Å². The van der Waals surface area contributed by atoms with Gasteiger partial charge in [0, 0.05) is 18.1 Å². The number of rotatable bonds is 5. The van der Waals surface area contributed by atoms with Crippen LogP contribution in [0, 0.1) is 0 Å². The summed E-state index contributed by atoms with van der Waals surface area (Å²) >= 11 is 0. The summed E-state index contributed by atoms with van der Waals surface area (Å²) in [6.07, 6.45) is 0. The lowest BCUT2D eigenvalue weighted by molar-refractivity contribution is 0.175. The first-order chi connectivity index (χ1) is 7.97. The van der Waals surface area contributed by atoms with Crippen LogP contribution in [-0.4, -0.2) is 31.1 Å². The largest absolute Gasteiger partial charge is 0.497 e. The van der Waals surface area contributed by atoms with Crippen molar-refractivity contribution in [1.29, 1.82) is 0 Å². The molecule has 17 heavy (non-hydrogen) atoms. The number of methoxy groups -OCH3 is 1. The third-order valence-corrected chi connectivity index (χ3v) is 3.19. The smallest absolute Gasteiger partial charge is 0.119 e. The first kappa shape index (κ1) is 14.0. The predicted octanol–water partition coefficient (Wildman–Crippen LogP) is 2.42. The second kappa shape index (κ2) is 6.03. The second-order valence-corrected chi connectivity index (χ2v) is 4.84. The van der Waals surface area contributed by atoms with Crippen molar-refractivity contribution in [2.24, 2.45) is 5.73 Å². The van der Waals surface area contributed by atoms with Crippen molar-refractivity contribution in [3.05, 3.63) is 29.8 Å². The van der Waals surface area contributed by atoms with E-state index in [2.05, 4.69) is 37.9 Å². The molecule has 0 fully saturated rings. The molecule has 0 amide bonds. The average Bonchev–Trinajstić information content (AvgIpc) is 2.28. The summed E-state index contributed by atoms with van der Waals surface area (Å²) in [6, 6.07) is 8.88. The van der Waals surface area contributed by atoms with Crippen molar-refractivity contribution in [3.8, 4) is 5.75 Å². The zero-order chi connectivity index (χ0) is 13.0. The first-order valence-corrected chi connectivity index (χ1v) is 6.08. The van der Waals surface area contributed by atoms with Gasteiger partial charge in [-0.3, -0.25) is 4.90 Å². The zero-order valence-corrected chi connectivity index (χ0v) is 11.5. The van der Waals surface area contributed by atoms with Gasteiger partial charge in [-0.1, -0.05) is 12.1 Å². The molecule has 3 heteroatoms. The van der Waals surface area contributed by atoms with E-state index in [1.54, 1.807) is 7.11 Å². The first-order valence-electron chi connectivity index (χ1n) is 6.08. The van der Waals surface area contributed by atoms with Crippen molar-refractivity contribution >= 4 is 0 Å². The molecule has 0 saturated heterocycles. The highest BCUT2D eigenvalue weighted by Gasteiger charge is 2.23. The SMILES string of the molecule is COc1cccc(C(C(C)N)N(C)C(C)C)c1. The summed E-state index contributed by atoms with van der Waals surface area (Å²) in [7, 11) is 3.80. The molecule has 0 heterocycles. The van der Waals surface area contributed by atoms with Gasteiger partial charge < -0.3 is 10.5 Å². The fourth-order valence-corrected chi connectivity index (χ4v) is 2.06. The maximum Gasteiger partial charge on any atom is 0.119 e. The van der Waals surface area contributed by atoms with Gasteiger partial charge in [0.05, 0.1) is 7.11 Å². The lowest BCUT2D eigenvalue weighted by Gasteiger charge is -2.34. The summed E-state index contributed by atoms with van der Waals surface area (Å²) in [5.41, 5.74) is 7.32. The average molecular weight is 236 g/mol. The monoisotopic (exact) mass is 236 g/mol. The summed E-state index contributed by atoms with van der Waals surface area (Å²) in [5, 5.41) is 0. The van der Waals surface area contributed by atoms with E-state index in [9.17, 15) is 0 Å². The van der Waals surface area contributed by atoms with Gasteiger partial charge in [0.2, 0.25) is 0 Å². The molecule has 0 bridgehead atoms. The van der Waals surface area contributed by atoms with Crippen LogP contribution in [0.3, 0.4) is 0 Å². The van der Waals surface area contributed by atoms with Gasteiger partial charge in [-0.2, -0.15) is 0 Å². The van der Waals surface area contributed by atoms with Crippen LogP contribution in [0.5, 0.6) is 5.75 Å². The molecule has 3 nitrogen and oxygen atoms in total. The summed E-state index contributed by atoms with van der Waals surface area (Å²) < 4.78 is 5.27. The molecule has 1 rings (SSSR count). The van der Waals surface area contributed by atoms with E-state index in [0.717, 1.165) is 5.75 Å². The van der Waals surface area contributed by atoms with Crippen molar-refractivity contribution in [1.82, 2.24) is 4.90 Å². The number of hydrogen-bond donors (Lipinski definition) is 1. The van der Waals surface area contributed by atoms with Gasteiger partial charge in [-0.05, 0) is 45.5 Å². The number of nitrogens with two attached hydrogens (primary N) is 1. The zero-order valence-electron chi connectivity index (χ0n) is 11.5. The molecule has 0 aliphatic rings. The molecule has 0 aliphatic heterocycles. The van der Waals surface area contributed by atoms with Crippen LogP contribution in [0.15, 0.2) is 24.3 Å². The molecule has 2 N–H and O–H groups in total. The molecule has 0 radical (unpaired) electrons. The number of likely N-dealkylation sites (N-methyl/N-ethyl adjacent to an activating group) is 1. The second-order valence-electron chi connectivity index (χ2n) is 4.84. The third kappa shape index (κ3) is 3.45. The van der Waals surface area contributed by atoms with Crippen LogP contribution in [0.2, 0.25) is 0 Å². The maximum atomic E-state index is 6.12. The van der Waals surface area contributed by atoms with Crippen LogP contribution >= 0.6 is 0 Å². The Morgan fingerprint density at radius 3 is 2.35 bits per heavy atom. The Kier molecular flexibility index (Phi) is 4.97. The van der Waals surface area contributed by atoms with E-state index >= 15 is 0 Å². The van der Waals surface area contributed by atoms with Crippen LogP contribution < -0.4 is 10.5 Å². The fourth-order valence-electron chi connectivity index (χ4n) is 2.06. The Hall–Kier alpha value is -1.06. The summed E-state index contributed by atoms with van der Waals surface area (Å²) in [4.78, 5) is 2.29. The number of hydrogen-bond acceptors (Lipinski definition) is 3. The van der Waals surface area contributed by atoms with Crippen molar-refractivity contribution in [3.63, 3.8) is 0 Å². The standard InChI is InChI=1S/C14H24N2O/c1-10(2)16(4)14(11(3)15)12-7-6-8-13(9-12)17-5/h6-11,14H,15H2,1-5H3. The van der Waals surface area contributed by atoms with Crippen LogP contribution in [-0.2, 0) is 0 Å². The minimum absolute atomic E-state index is 0.0782. The molecule has 2 atom stereocenters. The Labute approximate surface area is 105 Å². The topological polar surface area (TPSA) is 38.5 Å². The van der Waals surface area contributed by atoms with Gasteiger partial charge in [0.1, 0.15) is 5.75 Å². The van der Waals surface area contributed by atoms with Gasteiger partial charge in [-0.25, -0.2) is 0 Å². The Morgan fingerprint density at radius 1 is 1.24 bits per heavy atom. The van der Waals surface area contributed by atoms with Gasteiger partial charge in [0.25, 0.3) is 0 Å². The van der Waals surface area contributed by atoms with E-state index in [1.807, 2.05) is 19.1 Å². The highest BCUT2D eigenvalue weighted by molar-refractivity contribution is 5.31. The van der Waals surface area contributed by atoms with Crippen molar-refractivity contribution in [2.75, 3.05) is 14.2 Å². The minimum Gasteiger partial charge on any atom is -0.497 e.